The first-order valence-electron chi connectivity index (χ1n) is 7.48. The molecular weight excluding hydrogens is 260 g/mol. The highest BCUT2D eigenvalue weighted by Gasteiger charge is 2.68. The van der Waals surface area contributed by atoms with Gasteiger partial charge in [0, 0.05) is 5.94 Å². The Morgan fingerprint density at radius 1 is 1.32 bits per heavy atom. The van der Waals surface area contributed by atoms with Gasteiger partial charge in [-0.1, -0.05) is 27.2 Å². The predicted molar refractivity (Wildman–Crippen MR) is 80.2 cm³/mol. The summed E-state index contributed by atoms with van der Waals surface area (Å²) < 4.78 is 12.4. The summed E-state index contributed by atoms with van der Waals surface area (Å²) in [5.74, 6) is 1.47. The molecule has 1 unspecified atom stereocenters. The normalized spacial score (nSPS) is 44.1. The van der Waals surface area contributed by atoms with Crippen LogP contribution in [0, 0.1) is 17.3 Å². The van der Waals surface area contributed by atoms with Crippen molar-refractivity contribution in [1.82, 2.24) is 0 Å². The SMILES string of the molecule is CCCC(N)B1O[C@H]2C[C@H]3C[C@@H](C3(C)C)[C@]2(C)O1.Cl. The van der Waals surface area contributed by atoms with Crippen LogP contribution in [-0.4, -0.2) is 24.8 Å². The van der Waals surface area contributed by atoms with Crippen molar-refractivity contribution >= 4 is 19.5 Å². The summed E-state index contributed by atoms with van der Waals surface area (Å²) in [4.78, 5) is 0. The molecule has 5 atom stereocenters. The third-order valence-electron chi connectivity index (χ3n) is 5.94. The second kappa shape index (κ2) is 4.90. The van der Waals surface area contributed by atoms with Crippen LogP contribution in [0.5, 0.6) is 0 Å². The number of hydrogen-bond donors (Lipinski definition) is 1. The molecule has 0 aromatic rings. The predicted octanol–water partition coefficient (Wildman–Crippen LogP) is 2.80. The second-order valence-corrected chi connectivity index (χ2v) is 7.29. The van der Waals surface area contributed by atoms with E-state index in [0.29, 0.717) is 11.3 Å². The van der Waals surface area contributed by atoms with Crippen molar-refractivity contribution in [2.45, 2.75) is 71.0 Å². The molecule has 3 nitrogen and oxygen atoms in total. The van der Waals surface area contributed by atoms with Crippen LogP contribution in [0.15, 0.2) is 0 Å². The van der Waals surface area contributed by atoms with E-state index in [2.05, 4.69) is 27.7 Å². The lowest BCUT2D eigenvalue weighted by Gasteiger charge is -2.64. The minimum Gasteiger partial charge on any atom is -0.404 e. The lowest BCUT2D eigenvalue weighted by Crippen LogP contribution is -2.65. The topological polar surface area (TPSA) is 44.5 Å². The van der Waals surface area contributed by atoms with E-state index in [0.717, 1.165) is 25.2 Å². The number of nitrogens with two attached hydrogens (primary N) is 1. The molecule has 2 N–H and O–H groups in total. The van der Waals surface area contributed by atoms with E-state index in [1.54, 1.807) is 0 Å². The summed E-state index contributed by atoms with van der Waals surface area (Å²) in [6, 6.07) is 0. The van der Waals surface area contributed by atoms with E-state index in [4.69, 9.17) is 15.0 Å². The van der Waals surface area contributed by atoms with Crippen molar-refractivity contribution in [3.05, 3.63) is 0 Å². The molecule has 5 heteroatoms. The van der Waals surface area contributed by atoms with Crippen LogP contribution in [0.4, 0.5) is 0 Å². The van der Waals surface area contributed by atoms with Gasteiger partial charge in [0.05, 0.1) is 11.7 Å². The Hall–Kier alpha value is 0.235. The average Bonchev–Trinajstić information content (AvgIpc) is 2.65. The molecule has 0 aromatic carbocycles. The highest BCUT2D eigenvalue weighted by Crippen LogP contribution is 2.65. The minimum absolute atomic E-state index is 0. The summed E-state index contributed by atoms with van der Waals surface area (Å²) in [5.41, 5.74) is 6.49. The van der Waals surface area contributed by atoms with Crippen LogP contribution < -0.4 is 5.73 Å². The Morgan fingerprint density at radius 3 is 2.58 bits per heavy atom. The Kier molecular flexibility index (Phi) is 4.03. The molecule has 0 spiro atoms. The standard InChI is InChI=1S/C14H26BNO2.ClH/c1-5-6-12(16)15-17-11-8-9-7-10(13(9,2)3)14(11,4)18-15;/h9-12H,5-8,16H2,1-4H3;1H/t9-,10+,11+,12?,14+;/m1./s1. The Morgan fingerprint density at radius 2 is 2.00 bits per heavy atom. The van der Waals surface area contributed by atoms with E-state index in [1.165, 1.54) is 6.42 Å². The van der Waals surface area contributed by atoms with Crippen LogP contribution in [0.2, 0.25) is 0 Å². The molecule has 4 aliphatic rings. The summed E-state index contributed by atoms with van der Waals surface area (Å²) in [6.45, 7) is 9.17. The van der Waals surface area contributed by atoms with Crippen molar-refractivity contribution in [2.75, 3.05) is 0 Å². The molecule has 0 aromatic heterocycles. The average molecular weight is 288 g/mol. The molecule has 1 saturated heterocycles. The zero-order valence-corrected chi connectivity index (χ0v) is 13.3. The molecule has 0 radical (unpaired) electrons. The second-order valence-electron chi connectivity index (χ2n) is 7.29. The fourth-order valence-electron chi connectivity index (χ4n) is 4.55. The monoisotopic (exact) mass is 287 g/mol. The number of halogens is 1. The third-order valence-corrected chi connectivity index (χ3v) is 5.94. The van der Waals surface area contributed by atoms with Crippen molar-refractivity contribution < 1.29 is 9.31 Å². The summed E-state index contributed by atoms with van der Waals surface area (Å²) in [7, 11) is -0.185. The van der Waals surface area contributed by atoms with E-state index >= 15 is 0 Å². The van der Waals surface area contributed by atoms with Gasteiger partial charge in [0.1, 0.15) is 0 Å². The lowest BCUT2D eigenvalue weighted by molar-refractivity contribution is -0.199. The van der Waals surface area contributed by atoms with Gasteiger partial charge in [0.15, 0.2) is 0 Å². The minimum atomic E-state index is -0.185. The quantitative estimate of drug-likeness (QED) is 0.812. The molecule has 0 amide bonds. The van der Waals surface area contributed by atoms with Crippen molar-refractivity contribution in [1.29, 1.82) is 0 Å². The largest absolute Gasteiger partial charge is 0.475 e. The van der Waals surface area contributed by atoms with Gasteiger partial charge in [-0.15, -0.1) is 12.4 Å². The lowest BCUT2D eigenvalue weighted by atomic mass is 9.43. The fourth-order valence-corrected chi connectivity index (χ4v) is 4.55. The summed E-state index contributed by atoms with van der Waals surface area (Å²) in [6.07, 6.45) is 4.78. The molecular formula is C14H27BClNO2. The van der Waals surface area contributed by atoms with Crippen molar-refractivity contribution in [2.24, 2.45) is 23.0 Å². The fraction of sp³-hybridized carbons (Fsp3) is 1.00. The Bertz CT molecular complexity index is 354. The molecule has 2 bridgehead atoms. The van der Waals surface area contributed by atoms with Gasteiger partial charge >= 0.3 is 7.12 Å². The Labute approximate surface area is 123 Å². The summed E-state index contributed by atoms with van der Waals surface area (Å²) in [5, 5.41) is 0. The van der Waals surface area contributed by atoms with E-state index in [1.807, 2.05) is 0 Å². The third kappa shape index (κ3) is 2.07. The van der Waals surface area contributed by atoms with Gasteiger partial charge in [-0.05, 0) is 43.4 Å². The molecule has 1 heterocycles. The maximum absolute atomic E-state index is 6.31. The van der Waals surface area contributed by atoms with E-state index in [-0.39, 0.29) is 37.2 Å². The van der Waals surface area contributed by atoms with Crippen LogP contribution in [0.25, 0.3) is 0 Å². The molecule has 3 saturated carbocycles. The van der Waals surface area contributed by atoms with Gasteiger partial charge < -0.3 is 15.0 Å². The van der Waals surface area contributed by atoms with Gasteiger partial charge in [-0.25, -0.2) is 0 Å². The molecule has 110 valence electrons. The van der Waals surface area contributed by atoms with Crippen LogP contribution >= 0.6 is 12.4 Å². The first kappa shape index (κ1) is 15.6. The van der Waals surface area contributed by atoms with Gasteiger partial charge in [0.2, 0.25) is 0 Å². The highest BCUT2D eigenvalue weighted by molar-refractivity contribution is 6.47. The smallest absolute Gasteiger partial charge is 0.404 e. The Balaban J connectivity index is 0.00000133. The maximum Gasteiger partial charge on any atom is 0.475 e. The van der Waals surface area contributed by atoms with Gasteiger partial charge in [-0.3, -0.25) is 0 Å². The molecule has 3 aliphatic carbocycles. The van der Waals surface area contributed by atoms with Crippen LogP contribution in [0.1, 0.15) is 53.4 Å². The van der Waals surface area contributed by atoms with Crippen LogP contribution in [0.3, 0.4) is 0 Å². The first-order chi connectivity index (χ1) is 8.39. The number of hydrogen-bond acceptors (Lipinski definition) is 3. The number of rotatable bonds is 3. The van der Waals surface area contributed by atoms with Crippen LogP contribution in [-0.2, 0) is 9.31 Å². The molecule has 4 rings (SSSR count). The molecule has 4 fully saturated rings. The maximum atomic E-state index is 6.31. The van der Waals surface area contributed by atoms with Crippen molar-refractivity contribution in [3.8, 4) is 0 Å². The molecule has 1 aliphatic heterocycles. The van der Waals surface area contributed by atoms with Gasteiger partial charge in [-0.2, -0.15) is 0 Å². The van der Waals surface area contributed by atoms with E-state index in [9.17, 15) is 0 Å². The van der Waals surface area contributed by atoms with Crippen molar-refractivity contribution in [3.63, 3.8) is 0 Å². The summed E-state index contributed by atoms with van der Waals surface area (Å²) >= 11 is 0. The first-order valence-corrected chi connectivity index (χ1v) is 7.48. The zero-order valence-electron chi connectivity index (χ0n) is 12.5. The zero-order chi connectivity index (χ0) is 13.1. The van der Waals surface area contributed by atoms with Gasteiger partial charge in [0.25, 0.3) is 0 Å². The highest BCUT2D eigenvalue weighted by atomic mass is 35.5. The molecule has 19 heavy (non-hydrogen) atoms. The van der Waals surface area contributed by atoms with E-state index < -0.39 is 0 Å².